The van der Waals surface area contributed by atoms with Crippen molar-refractivity contribution < 1.29 is 0 Å². The third-order valence-electron chi connectivity index (χ3n) is 3.66. The Hall–Kier alpha value is -0.990. The van der Waals surface area contributed by atoms with Gasteiger partial charge in [-0.05, 0) is 25.7 Å². The van der Waals surface area contributed by atoms with Crippen molar-refractivity contribution in [3.63, 3.8) is 0 Å². The summed E-state index contributed by atoms with van der Waals surface area (Å²) < 4.78 is 1.88. The fourth-order valence-electron chi connectivity index (χ4n) is 2.86. The number of aromatic nitrogens is 2. The summed E-state index contributed by atoms with van der Waals surface area (Å²) in [4.78, 5) is 12.3. The molecule has 2 rings (SSSR count). The number of H-pyrrole nitrogens is 1. The largest absolute Gasteiger partial charge is 0.299 e. The standard InChI is InChI=1S/C13H22N2O/c1-9(2)12-10(3)14-15(13(12)16)11-7-5-4-6-8-11/h9,11,14H,4-8H2,1-3H3. The molecular formula is C13H22N2O. The Morgan fingerprint density at radius 2 is 1.88 bits per heavy atom. The molecule has 0 spiro atoms. The smallest absolute Gasteiger partial charge is 0.270 e. The first kappa shape index (κ1) is 11.5. The first-order chi connectivity index (χ1) is 7.61. The van der Waals surface area contributed by atoms with Crippen LogP contribution in [0.25, 0.3) is 0 Å². The molecule has 0 radical (unpaired) electrons. The lowest BCUT2D eigenvalue weighted by Crippen LogP contribution is -2.26. The molecule has 1 fully saturated rings. The maximum Gasteiger partial charge on any atom is 0.270 e. The highest BCUT2D eigenvalue weighted by atomic mass is 16.1. The van der Waals surface area contributed by atoms with Crippen molar-refractivity contribution in [2.75, 3.05) is 0 Å². The van der Waals surface area contributed by atoms with Crippen LogP contribution in [0.15, 0.2) is 4.79 Å². The van der Waals surface area contributed by atoms with E-state index in [-0.39, 0.29) is 5.56 Å². The molecule has 0 atom stereocenters. The molecule has 0 saturated heterocycles. The minimum Gasteiger partial charge on any atom is -0.299 e. The molecule has 1 aliphatic carbocycles. The molecular weight excluding hydrogens is 200 g/mol. The van der Waals surface area contributed by atoms with Crippen LogP contribution in [-0.2, 0) is 0 Å². The normalized spacial score (nSPS) is 18.2. The van der Waals surface area contributed by atoms with E-state index in [4.69, 9.17) is 0 Å². The number of rotatable bonds is 2. The lowest BCUT2D eigenvalue weighted by Gasteiger charge is -2.21. The predicted octanol–water partition coefficient (Wildman–Crippen LogP) is 3.11. The van der Waals surface area contributed by atoms with E-state index < -0.39 is 0 Å². The number of aromatic amines is 1. The summed E-state index contributed by atoms with van der Waals surface area (Å²) in [5.74, 6) is 0.314. The second-order valence-electron chi connectivity index (χ2n) is 5.27. The van der Waals surface area contributed by atoms with Gasteiger partial charge in [0.2, 0.25) is 0 Å². The summed E-state index contributed by atoms with van der Waals surface area (Å²) in [5, 5.41) is 3.27. The zero-order valence-corrected chi connectivity index (χ0v) is 10.5. The van der Waals surface area contributed by atoms with E-state index in [1.54, 1.807) is 0 Å². The molecule has 0 amide bonds. The minimum atomic E-state index is 0.208. The van der Waals surface area contributed by atoms with E-state index in [1.165, 1.54) is 19.3 Å². The average molecular weight is 222 g/mol. The molecule has 16 heavy (non-hydrogen) atoms. The zero-order valence-electron chi connectivity index (χ0n) is 10.5. The van der Waals surface area contributed by atoms with Crippen molar-refractivity contribution in [2.45, 2.75) is 64.8 Å². The molecule has 1 heterocycles. The Labute approximate surface area is 96.8 Å². The van der Waals surface area contributed by atoms with Crippen molar-refractivity contribution in [1.29, 1.82) is 0 Å². The second-order valence-corrected chi connectivity index (χ2v) is 5.27. The van der Waals surface area contributed by atoms with Gasteiger partial charge in [-0.25, -0.2) is 4.68 Å². The van der Waals surface area contributed by atoms with E-state index >= 15 is 0 Å². The second kappa shape index (κ2) is 4.48. The van der Waals surface area contributed by atoms with Gasteiger partial charge in [0.1, 0.15) is 0 Å². The summed E-state index contributed by atoms with van der Waals surface area (Å²) >= 11 is 0. The molecule has 1 aromatic heterocycles. The molecule has 90 valence electrons. The Bertz CT molecular complexity index is 408. The zero-order chi connectivity index (χ0) is 11.7. The lowest BCUT2D eigenvalue weighted by atomic mass is 9.95. The molecule has 1 N–H and O–H groups in total. The van der Waals surface area contributed by atoms with Gasteiger partial charge in [0, 0.05) is 11.3 Å². The number of aryl methyl sites for hydroxylation is 1. The molecule has 0 aliphatic heterocycles. The predicted molar refractivity (Wildman–Crippen MR) is 66.0 cm³/mol. The minimum absolute atomic E-state index is 0.208. The fourth-order valence-corrected chi connectivity index (χ4v) is 2.86. The van der Waals surface area contributed by atoms with Crippen molar-refractivity contribution in [3.05, 3.63) is 21.6 Å². The first-order valence-electron chi connectivity index (χ1n) is 6.42. The Kier molecular flexibility index (Phi) is 3.22. The Morgan fingerprint density at radius 3 is 2.38 bits per heavy atom. The van der Waals surface area contributed by atoms with Crippen LogP contribution in [0, 0.1) is 6.92 Å². The van der Waals surface area contributed by atoms with Gasteiger partial charge in [0.05, 0.1) is 6.04 Å². The van der Waals surface area contributed by atoms with Gasteiger partial charge >= 0.3 is 0 Å². The van der Waals surface area contributed by atoms with Crippen molar-refractivity contribution >= 4 is 0 Å². The highest BCUT2D eigenvalue weighted by Crippen LogP contribution is 2.27. The van der Waals surface area contributed by atoms with Gasteiger partial charge in [-0.15, -0.1) is 0 Å². The number of nitrogens with zero attached hydrogens (tertiary/aromatic N) is 1. The van der Waals surface area contributed by atoms with Gasteiger partial charge in [0.15, 0.2) is 0 Å². The van der Waals surface area contributed by atoms with E-state index in [0.29, 0.717) is 12.0 Å². The van der Waals surface area contributed by atoms with Crippen molar-refractivity contribution in [3.8, 4) is 0 Å². The molecule has 0 unspecified atom stereocenters. The molecule has 1 aliphatic rings. The maximum absolute atomic E-state index is 12.3. The molecule has 0 bridgehead atoms. The van der Waals surface area contributed by atoms with Crippen molar-refractivity contribution in [2.24, 2.45) is 0 Å². The van der Waals surface area contributed by atoms with Gasteiger partial charge in [-0.1, -0.05) is 33.1 Å². The quantitative estimate of drug-likeness (QED) is 0.820. The van der Waals surface area contributed by atoms with Crippen LogP contribution < -0.4 is 5.56 Å². The number of hydrogen-bond donors (Lipinski definition) is 1. The van der Waals surface area contributed by atoms with Crippen LogP contribution >= 0.6 is 0 Å². The highest BCUT2D eigenvalue weighted by molar-refractivity contribution is 5.19. The number of hydrogen-bond acceptors (Lipinski definition) is 1. The van der Waals surface area contributed by atoms with E-state index in [1.807, 2.05) is 11.6 Å². The van der Waals surface area contributed by atoms with Crippen LogP contribution in [0.5, 0.6) is 0 Å². The van der Waals surface area contributed by atoms with Crippen LogP contribution in [0.3, 0.4) is 0 Å². The fraction of sp³-hybridized carbons (Fsp3) is 0.769. The van der Waals surface area contributed by atoms with Crippen LogP contribution in [0.4, 0.5) is 0 Å². The molecule has 3 nitrogen and oxygen atoms in total. The van der Waals surface area contributed by atoms with E-state index in [9.17, 15) is 4.79 Å². The van der Waals surface area contributed by atoms with Gasteiger partial charge < -0.3 is 0 Å². The topological polar surface area (TPSA) is 37.8 Å². The maximum atomic E-state index is 12.3. The van der Waals surface area contributed by atoms with Crippen LogP contribution in [0.1, 0.15) is 69.2 Å². The van der Waals surface area contributed by atoms with Gasteiger partial charge in [0.25, 0.3) is 5.56 Å². The number of nitrogens with one attached hydrogen (secondary N) is 1. The third-order valence-corrected chi connectivity index (χ3v) is 3.66. The SMILES string of the molecule is Cc1[nH]n(C2CCCCC2)c(=O)c1C(C)C. The molecule has 3 heteroatoms. The Balaban J connectivity index is 2.34. The highest BCUT2D eigenvalue weighted by Gasteiger charge is 2.21. The molecule has 1 aromatic rings. The monoisotopic (exact) mass is 222 g/mol. The molecule has 0 aromatic carbocycles. The van der Waals surface area contributed by atoms with Crippen LogP contribution in [-0.4, -0.2) is 9.78 Å². The Morgan fingerprint density at radius 1 is 1.25 bits per heavy atom. The van der Waals surface area contributed by atoms with Gasteiger partial charge in [-0.2, -0.15) is 0 Å². The van der Waals surface area contributed by atoms with E-state index in [0.717, 1.165) is 24.1 Å². The summed E-state index contributed by atoms with van der Waals surface area (Å²) in [6, 6.07) is 0.410. The summed E-state index contributed by atoms with van der Waals surface area (Å²) in [7, 11) is 0. The first-order valence-corrected chi connectivity index (χ1v) is 6.42. The van der Waals surface area contributed by atoms with Crippen LogP contribution in [0.2, 0.25) is 0 Å². The summed E-state index contributed by atoms with van der Waals surface area (Å²) in [5.41, 5.74) is 2.22. The van der Waals surface area contributed by atoms with Crippen molar-refractivity contribution in [1.82, 2.24) is 9.78 Å². The van der Waals surface area contributed by atoms with Gasteiger partial charge in [-0.3, -0.25) is 9.89 Å². The third kappa shape index (κ3) is 1.95. The summed E-state index contributed by atoms with van der Waals surface area (Å²) in [6.07, 6.45) is 6.13. The summed E-state index contributed by atoms with van der Waals surface area (Å²) in [6.45, 7) is 6.18. The van der Waals surface area contributed by atoms with E-state index in [2.05, 4.69) is 18.9 Å². The lowest BCUT2D eigenvalue weighted by molar-refractivity contribution is 0.322. The average Bonchev–Trinajstić information content (AvgIpc) is 2.55. The molecule has 1 saturated carbocycles.